The Kier molecular flexibility index (Phi) is 4.68. The molecule has 0 heterocycles. The van der Waals surface area contributed by atoms with Gasteiger partial charge in [0.2, 0.25) is 0 Å². The van der Waals surface area contributed by atoms with Crippen molar-refractivity contribution in [3.8, 4) is 5.75 Å². The van der Waals surface area contributed by atoms with Crippen LogP contribution in [0, 0.1) is 23.2 Å². The van der Waals surface area contributed by atoms with E-state index in [1.54, 1.807) is 0 Å². The quantitative estimate of drug-likeness (QED) is 0.663. The van der Waals surface area contributed by atoms with Crippen LogP contribution in [0.1, 0.15) is 88.2 Å². The lowest BCUT2D eigenvalue weighted by molar-refractivity contribution is -0.163. The second-order valence-electron chi connectivity index (χ2n) is 10.2. The number of aryl methyl sites for hydroxylation is 1. The first-order valence-corrected chi connectivity index (χ1v) is 11.6. The second-order valence-corrected chi connectivity index (χ2v) is 10.2. The molecule has 1 N–H and O–H groups in total. The number of benzene rings is 1. The summed E-state index contributed by atoms with van der Waals surface area (Å²) >= 11 is 0. The maximum Gasteiger partial charge on any atom is 0.309 e. The summed E-state index contributed by atoms with van der Waals surface area (Å²) in [6, 6.07) is 6.00. The molecule has 1 aromatic rings. The molecule has 152 valence electrons. The second kappa shape index (κ2) is 7.07. The van der Waals surface area contributed by atoms with E-state index < -0.39 is 0 Å². The van der Waals surface area contributed by atoms with Crippen molar-refractivity contribution in [3.63, 3.8) is 0 Å². The zero-order chi connectivity index (χ0) is 19.3. The number of carbonyl (C=O) groups excluding carboxylic acids is 1. The van der Waals surface area contributed by atoms with Crippen LogP contribution in [0.5, 0.6) is 5.75 Å². The van der Waals surface area contributed by atoms with Gasteiger partial charge in [-0.3, -0.25) is 4.79 Å². The van der Waals surface area contributed by atoms with E-state index in [0.717, 1.165) is 32.1 Å². The lowest BCUT2D eigenvalue weighted by Crippen LogP contribution is -2.45. The Morgan fingerprint density at radius 3 is 2.71 bits per heavy atom. The van der Waals surface area contributed by atoms with Crippen molar-refractivity contribution in [1.82, 2.24) is 0 Å². The minimum absolute atomic E-state index is 0.0955. The van der Waals surface area contributed by atoms with Crippen molar-refractivity contribution in [2.75, 3.05) is 0 Å². The van der Waals surface area contributed by atoms with Crippen LogP contribution >= 0.6 is 0 Å². The van der Waals surface area contributed by atoms with Crippen LogP contribution in [0.25, 0.3) is 0 Å². The number of phenolic OH excluding ortho intramolecular Hbond substituents is 1. The molecule has 0 spiro atoms. The molecule has 0 aromatic heterocycles. The number of esters is 1. The number of carbonyl (C=O) groups is 1. The molecule has 28 heavy (non-hydrogen) atoms. The zero-order valence-electron chi connectivity index (χ0n) is 17.2. The van der Waals surface area contributed by atoms with Crippen molar-refractivity contribution in [2.45, 2.75) is 89.6 Å². The highest BCUT2D eigenvalue weighted by Crippen LogP contribution is 2.61. The predicted octanol–water partition coefficient (Wildman–Crippen LogP) is 5.74. The lowest BCUT2D eigenvalue weighted by Gasteiger charge is -2.50. The summed E-state index contributed by atoms with van der Waals surface area (Å²) < 4.78 is 6.22. The summed E-state index contributed by atoms with van der Waals surface area (Å²) in [4.78, 5) is 12.8. The van der Waals surface area contributed by atoms with Crippen LogP contribution in [0.2, 0.25) is 0 Å². The van der Waals surface area contributed by atoms with Crippen molar-refractivity contribution in [1.29, 1.82) is 0 Å². The number of hydrogen-bond acceptors (Lipinski definition) is 3. The molecule has 3 fully saturated rings. The van der Waals surface area contributed by atoms with E-state index in [9.17, 15) is 9.90 Å². The molecule has 3 saturated carbocycles. The van der Waals surface area contributed by atoms with Crippen LogP contribution in [0.4, 0.5) is 0 Å². The third-order valence-electron chi connectivity index (χ3n) is 8.82. The Labute approximate surface area is 168 Å². The molecule has 0 radical (unpaired) electrons. The standard InChI is InChI=1S/C25H34O3/c1-25-14-13-20-19-10-8-18(26)15-17(19)7-9-21(20)22(25)11-12-23(25)28-24(27)16-5-3-2-4-6-16/h8,10,15-16,20-23,26H,2-7,9,11-14H2,1H3. The van der Waals surface area contributed by atoms with Gasteiger partial charge in [-0.2, -0.15) is 0 Å². The van der Waals surface area contributed by atoms with Gasteiger partial charge in [0.05, 0.1) is 5.92 Å². The van der Waals surface area contributed by atoms with Crippen LogP contribution in [-0.4, -0.2) is 17.2 Å². The van der Waals surface area contributed by atoms with E-state index in [1.807, 2.05) is 12.1 Å². The molecule has 0 amide bonds. The van der Waals surface area contributed by atoms with Crippen LogP contribution in [0.15, 0.2) is 18.2 Å². The molecular weight excluding hydrogens is 348 g/mol. The van der Waals surface area contributed by atoms with Crippen molar-refractivity contribution >= 4 is 5.97 Å². The van der Waals surface area contributed by atoms with Gasteiger partial charge in [-0.15, -0.1) is 0 Å². The fourth-order valence-electron chi connectivity index (χ4n) is 7.29. The Hall–Kier alpha value is -1.51. The third kappa shape index (κ3) is 2.97. The maximum absolute atomic E-state index is 12.8. The molecule has 0 aliphatic heterocycles. The molecule has 4 aliphatic rings. The van der Waals surface area contributed by atoms with E-state index in [2.05, 4.69) is 13.0 Å². The predicted molar refractivity (Wildman–Crippen MR) is 109 cm³/mol. The monoisotopic (exact) mass is 382 g/mol. The minimum atomic E-state index is 0.0955. The van der Waals surface area contributed by atoms with E-state index in [1.165, 1.54) is 49.7 Å². The Bertz CT molecular complexity index is 750. The van der Waals surface area contributed by atoms with Crippen LogP contribution in [0.3, 0.4) is 0 Å². The summed E-state index contributed by atoms with van der Waals surface area (Å²) in [7, 11) is 0. The number of aromatic hydroxyl groups is 1. The molecule has 4 aliphatic carbocycles. The molecule has 5 rings (SSSR count). The summed E-state index contributed by atoms with van der Waals surface area (Å²) in [5.74, 6) is 2.63. The van der Waals surface area contributed by atoms with Gasteiger partial charge >= 0.3 is 5.97 Å². The molecule has 3 nitrogen and oxygen atoms in total. The number of rotatable bonds is 2. The lowest BCUT2D eigenvalue weighted by atomic mass is 9.55. The van der Waals surface area contributed by atoms with E-state index >= 15 is 0 Å². The van der Waals surface area contributed by atoms with Crippen LogP contribution < -0.4 is 0 Å². The Balaban J connectivity index is 1.33. The highest BCUT2D eigenvalue weighted by molar-refractivity contribution is 5.72. The molecule has 5 unspecified atom stereocenters. The highest BCUT2D eigenvalue weighted by atomic mass is 16.5. The van der Waals surface area contributed by atoms with E-state index in [4.69, 9.17) is 4.74 Å². The summed E-state index contributed by atoms with van der Waals surface area (Å²) in [5, 5.41) is 9.85. The number of fused-ring (bicyclic) bond motifs is 5. The zero-order valence-corrected chi connectivity index (χ0v) is 17.2. The molecule has 0 saturated heterocycles. The molecule has 3 heteroatoms. The van der Waals surface area contributed by atoms with Crippen molar-refractivity contribution in [2.24, 2.45) is 23.2 Å². The molecule has 0 bridgehead atoms. The number of ether oxygens (including phenoxy) is 1. The molecular formula is C25H34O3. The first-order valence-electron chi connectivity index (χ1n) is 11.6. The maximum atomic E-state index is 12.8. The number of phenols is 1. The van der Waals surface area contributed by atoms with Crippen molar-refractivity contribution < 1.29 is 14.6 Å². The summed E-state index contributed by atoms with van der Waals surface area (Å²) in [6.45, 7) is 2.41. The highest BCUT2D eigenvalue weighted by Gasteiger charge is 2.56. The Morgan fingerprint density at radius 1 is 1.07 bits per heavy atom. The largest absolute Gasteiger partial charge is 0.508 e. The number of hydrogen-bond donors (Lipinski definition) is 1. The van der Waals surface area contributed by atoms with Gasteiger partial charge < -0.3 is 9.84 Å². The van der Waals surface area contributed by atoms with Gasteiger partial charge in [0.1, 0.15) is 11.9 Å². The van der Waals surface area contributed by atoms with Crippen LogP contribution in [-0.2, 0) is 16.0 Å². The summed E-state index contributed by atoms with van der Waals surface area (Å²) in [6.07, 6.45) is 12.7. The van der Waals surface area contributed by atoms with E-state index in [-0.39, 0.29) is 23.4 Å². The summed E-state index contributed by atoms with van der Waals surface area (Å²) in [5.41, 5.74) is 2.97. The molecule has 5 atom stereocenters. The van der Waals surface area contributed by atoms with Gasteiger partial charge in [0.25, 0.3) is 0 Å². The smallest absolute Gasteiger partial charge is 0.309 e. The van der Waals surface area contributed by atoms with Gasteiger partial charge in [-0.1, -0.05) is 32.3 Å². The van der Waals surface area contributed by atoms with Gasteiger partial charge in [0.15, 0.2) is 0 Å². The Morgan fingerprint density at radius 2 is 1.89 bits per heavy atom. The van der Waals surface area contributed by atoms with Crippen molar-refractivity contribution in [3.05, 3.63) is 29.3 Å². The van der Waals surface area contributed by atoms with Gasteiger partial charge in [-0.25, -0.2) is 0 Å². The van der Waals surface area contributed by atoms with E-state index in [0.29, 0.717) is 23.5 Å². The topological polar surface area (TPSA) is 46.5 Å². The minimum Gasteiger partial charge on any atom is -0.508 e. The first-order chi connectivity index (χ1) is 13.6. The SMILES string of the molecule is CC12CCC3c4ccc(O)cc4CCC3C1CCC2OC(=O)C1CCCCC1. The fraction of sp³-hybridized carbons (Fsp3) is 0.720. The first kappa shape index (κ1) is 18.5. The average molecular weight is 383 g/mol. The fourth-order valence-corrected chi connectivity index (χ4v) is 7.29. The van der Waals surface area contributed by atoms with Gasteiger partial charge in [0, 0.05) is 5.41 Å². The average Bonchev–Trinajstić information content (AvgIpc) is 3.04. The molecule has 1 aromatic carbocycles. The van der Waals surface area contributed by atoms with Gasteiger partial charge in [-0.05, 0) is 92.4 Å². The normalized spacial score (nSPS) is 37.6. The third-order valence-corrected chi connectivity index (χ3v) is 8.82.